The molecule has 0 unspecified atom stereocenters. The van der Waals surface area contributed by atoms with Crippen LogP contribution in [0.3, 0.4) is 0 Å². The van der Waals surface area contributed by atoms with Crippen molar-refractivity contribution in [1.29, 1.82) is 0 Å². The van der Waals surface area contributed by atoms with Crippen molar-refractivity contribution in [2.24, 2.45) is 0 Å². The lowest BCUT2D eigenvalue weighted by Gasteiger charge is -2.16. The fraction of sp³-hybridized carbons (Fsp3) is 0.417. The van der Waals surface area contributed by atoms with E-state index in [9.17, 15) is 4.79 Å². The summed E-state index contributed by atoms with van der Waals surface area (Å²) < 4.78 is 0. The van der Waals surface area contributed by atoms with Gasteiger partial charge in [0, 0.05) is 6.54 Å². The zero-order valence-electron chi connectivity index (χ0n) is 9.38. The number of nitrogens with one attached hydrogen (secondary N) is 1. The Kier molecular flexibility index (Phi) is 4.26. The van der Waals surface area contributed by atoms with Gasteiger partial charge in [0.25, 0.3) is 0 Å². The SMILES string of the molecule is O=CNc1c(Cl)cc(CN2CCCC2)cc1Cl. The van der Waals surface area contributed by atoms with Gasteiger partial charge in [0.1, 0.15) is 0 Å². The Balaban J connectivity index is 2.15. The number of anilines is 1. The van der Waals surface area contributed by atoms with E-state index >= 15 is 0 Å². The van der Waals surface area contributed by atoms with Gasteiger partial charge in [-0.3, -0.25) is 9.69 Å². The van der Waals surface area contributed by atoms with Crippen molar-refractivity contribution in [3.8, 4) is 0 Å². The van der Waals surface area contributed by atoms with Gasteiger partial charge in [0.15, 0.2) is 0 Å². The second-order valence-corrected chi connectivity index (χ2v) is 4.99. The highest BCUT2D eigenvalue weighted by Gasteiger charge is 2.14. The number of halogens is 2. The van der Waals surface area contributed by atoms with Crippen LogP contribution in [0.15, 0.2) is 12.1 Å². The first-order valence-electron chi connectivity index (χ1n) is 5.61. The lowest BCUT2D eigenvalue weighted by molar-refractivity contribution is -0.105. The predicted molar refractivity (Wildman–Crippen MR) is 70.7 cm³/mol. The maximum atomic E-state index is 10.4. The van der Waals surface area contributed by atoms with Crippen molar-refractivity contribution >= 4 is 35.3 Å². The van der Waals surface area contributed by atoms with E-state index in [1.807, 2.05) is 12.1 Å². The third kappa shape index (κ3) is 3.12. The summed E-state index contributed by atoms with van der Waals surface area (Å²) in [5, 5.41) is 3.48. The van der Waals surface area contributed by atoms with Crippen LogP contribution in [0.5, 0.6) is 0 Å². The number of rotatable bonds is 4. The van der Waals surface area contributed by atoms with Gasteiger partial charge in [-0.05, 0) is 43.6 Å². The smallest absolute Gasteiger partial charge is 0.211 e. The molecule has 0 atom stereocenters. The molecule has 17 heavy (non-hydrogen) atoms. The third-order valence-corrected chi connectivity index (χ3v) is 3.51. The summed E-state index contributed by atoms with van der Waals surface area (Å²) in [4.78, 5) is 12.8. The van der Waals surface area contributed by atoms with Gasteiger partial charge in [0.05, 0.1) is 15.7 Å². The van der Waals surface area contributed by atoms with E-state index in [0.29, 0.717) is 22.1 Å². The molecule has 1 N–H and O–H groups in total. The first-order valence-corrected chi connectivity index (χ1v) is 6.37. The molecule has 1 saturated heterocycles. The summed E-state index contributed by atoms with van der Waals surface area (Å²) in [5.41, 5.74) is 1.56. The average molecular weight is 273 g/mol. The van der Waals surface area contributed by atoms with Crippen molar-refractivity contribution in [2.75, 3.05) is 18.4 Å². The summed E-state index contributed by atoms with van der Waals surface area (Å²) in [6, 6.07) is 3.72. The van der Waals surface area contributed by atoms with E-state index in [1.54, 1.807) is 0 Å². The van der Waals surface area contributed by atoms with Gasteiger partial charge in [-0.1, -0.05) is 23.2 Å². The Morgan fingerprint density at radius 2 is 1.82 bits per heavy atom. The second kappa shape index (κ2) is 5.71. The van der Waals surface area contributed by atoms with Crippen LogP contribution in [0.2, 0.25) is 10.0 Å². The zero-order valence-corrected chi connectivity index (χ0v) is 10.9. The van der Waals surface area contributed by atoms with Crippen molar-refractivity contribution in [1.82, 2.24) is 4.90 Å². The van der Waals surface area contributed by atoms with Gasteiger partial charge in [-0.25, -0.2) is 0 Å². The van der Waals surface area contributed by atoms with E-state index < -0.39 is 0 Å². The summed E-state index contributed by atoms with van der Waals surface area (Å²) >= 11 is 12.1. The van der Waals surface area contributed by atoms with Crippen LogP contribution in [0, 0.1) is 0 Å². The number of carbonyl (C=O) groups is 1. The van der Waals surface area contributed by atoms with Crippen LogP contribution >= 0.6 is 23.2 Å². The van der Waals surface area contributed by atoms with Crippen molar-refractivity contribution < 1.29 is 4.79 Å². The molecule has 1 amide bonds. The van der Waals surface area contributed by atoms with Crippen molar-refractivity contribution in [2.45, 2.75) is 19.4 Å². The maximum absolute atomic E-state index is 10.4. The monoisotopic (exact) mass is 272 g/mol. The molecule has 1 fully saturated rings. The third-order valence-electron chi connectivity index (χ3n) is 2.91. The predicted octanol–water partition coefficient (Wildman–Crippen LogP) is 3.16. The summed E-state index contributed by atoms with van der Waals surface area (Å²) in [6.07, 6.45) is 3.09. The first kappa shape index (κ1) is 12.7. The Morgan fingerprint density at radius 3 is 2.35 bits per heavy atom. The first-order chi connectivity index (χ1) is 8.20. The maximum Gasteiger partial charge on any atom is 0.211 e. The molecule has 3 nitrogen and oxygen atoms in total. The fourth-order valence-electron chi connectivity index (χ4n) is 2.11. The normalized spacial score (nSPS) is 16.1. The van der Waals surface area contributed by atoms with Crippen LogP contribution in [-0.4, -0.2) is 24.4 Å². The quantitative estimate of drug-likeness (QED) is 0.855. The molecule has 1 aromatic carbocycles. The molecule has 0 aliphatic carbocycles. The molecule has 0 saturated carbocycles. The van der Waals surface area contributed by atoms with E-state index in [-0.39, 0.29) is 0 Å². The van der Waals surface area contributed by atoms with Crippen LogP contribution in [0.4, 0.5) is 5.69 Å². The number of hydrogen-bond donors (Lipinski definition) is 1. The highest BCUT2D eigenvalue weighted by atomic mass is 35.5. The van der Waals surface area contributed by atoms with Crippen molar-refractivity contribution in [3.05, 3.63) is 27.7 Å². The van der Waals surface area contributed by atoms with E-state index in [0.717, 1.165) is 25.2 Å². The summed E-state index contributed by atoms with van der Waals surface area (Å²) in [7, 11) is 0. The standard InChI is InChI=1S/C12H14Cl2N2O/c13-10-5-9(7-16-3-1-2-4-16)6-11(14)12(10)15-8-17/h5-6,8H,1-4,7H2,(H,15,17). The van der Waals surface area contributed by atoms with Gasteiger partial charge in [-0.2, -0.15) is 0 Å². The number of carbonyl (C=O) groups excluding carboxylic acids is 1. The fourth-order valence-corrected chi connectivity index (χ4v) is 2.75. The molecule has 1 aromatic rings. The molecule has 1 aliphatic heterocycles. The molecule has 0 radical (unpaired) electrons. The lowest BCUT2D eigenvalue weighted by atomic mass is 10.2. The molecular formula is C12H14Cl2N2O. The lowest BCUT2D eigenvalue weighted by Crippen LogP contribution is -2.18. The van der Waals surface area contributed by atoms with Crippen LogP contribution < -0.4 is 5.32 Å². The van der Waals surface area contributed by atoms with E-state index in [1.165, 1.54) is 12.8 Å². The molecule has 1 heterocycles. The molecule has 0 bridgehead atoms. The largest absolute Gasteiger partial charge is 0.326 e. The van der Waals surface area contributed by atoms with E-state index in [2.05, 4.69) is 10.2 Å². The number of likely N-dealkylation sites (tertiary alicyclic amines) is 1. The molecule has 0 spiro atoms. The Bertz CT molecular complexity index is 394. The minimum atomic E-state index is 0.480. The average Bonchev–Trinajstić information content (AvgIpc) is 2.76. The number of hydrogen-bond acceptors (Lipinski definition) is 2. The second-order valence-electron chi connectivity index (χ2n) is 4.18. The minimum Gasteiger partial charge on any atom is -0.326 e. The van der Waals surface area contributed by atoms with Gasteiger partial charge < -0.3 is 5.32 Å². The van der Waals surface area contributed by atoms with Crippen LogP contribution in [0.25, 0.3) is 0 Å². The summed E-state index contributed by atoms with van der Waals surface area (Å²) in [6.45, 7) is 3.12. The van der Waals surface area contributed by atoms with Crippen molar-refractivity contribution in [3.63, 3.8) is 0 Å². The Hall–Kier alpha value is -0.770. The molecular weight excluding hydrogens is 259 g/mol. The Labute approximate surface area is 111 Å². The highest BCUT2D eigenvalue weighted by Crippen LogP contribution is 2.32. The molecule has 92 valence electrons. The number of amides is 1. The zero-order chi connectivity index (χ0) is 12.3. The Morgan fingerprint density at radius 1 is 1.24 bits per heavy atom. The van der Waals surface area contributed by atoms with Crippen LogP contribution in [-0.2, 0) is 11.3 Å². The van der Waals surface area contributed by atoms with Gasteiger partial charge >= 0.3 is 0 Å². The molecule has 5 heteroatoms. The highest BCUT2D eigenvalue weighted by molar-refractivity contribution is 6.39. The molecule has 2 rings (SSSR count). The summed E-state index contributed by atoms with van der Waals surface area (Å²) in [5.74, 6) is 0. The van der Waals surface area contributed by atoms with Crippen LogP contribution in [0.1, 0.15) is 18.4 Å². The molecule has 0 aromatic heterocycles. The minimum absolute atomic E-state index is 0.480. The van der Waals surface area contributed by atoms with Gasteiger partial charge in [-0.15, -0.1) is 0 Å². The number of benzene rings is 1. The van der Waals surface area contributed by atoms with Gasteiger partial charge in [0.2, 0.25) is 6.41 Å². The van der Waals surface area contributed by atoms with E-state index in [4.69, 9.17) is 23.2 Å². The topological polar surface area (TPSA) is 32.3 Å². The molecule has 1 aliphatic rings. The number of nitrogens with zero attached hydrogens (tertiary/aromatic N) is 1.